The van der Waals surface area contributed by atoms with Crippen molar-refractivity contribution in [1.82, 2.24) is 5.32 Å². The minimum absolute atomic E-state index is 0.0518. The molecule has 2 amide bonds. The lowest BCUT2D eigenvalue weighted by Gasteiger charge is -2.39. The quantitative estimate of drug-likeness (QED) is 0.932. The smallest absolute Gasteiger partial charge is 0.250 e. The van der Waals surface area contributed by atoms with Crippen LogP contribution in [-0.2, 0) is 9.59 Å². The van der Waals surface area contributed by atoms with E-state index in [4.69, 9.17) is 11.6 Å². The molecule has 1 aliphatic heterocycles. The van der Waals surface area contributed by atoms with Gasteiger partial charge in [0.2, 0.25) is 5.91 Å². The summed E-state index contributed by atoms with van der Waals surface area (Å²) in [4.78, 5) is 26.2. The number of nitrogens with zero attached hydrogens (tertiary/aromatic N) is 1. The van der Waals surface area contributed by atoms with E-state index in [1.54, 1.807) is 13.0 Å². The summed E-state index contributed by atoms with van der Waals surface area (Å²) in [7, 11) is 0. The van der Waals surface area contributed by atoms with Crippen molar-refractivity contribution < 1.29 is 14.0 Å². The van der Waals surface area contributed by atoms with Crippen LogP contribution in [-0.4, -0.2) is 23.9 Å². The van der Waals surface area contributed by atoms with Crippen molar-refractivity contribution in [2.24, 2.45) is 5.92 Å². The van der Waals surface area contributed by atoms with Gasteiger partial charge in [-0.25, -0.2) is 4.39 Å². The molecule has 21 heavy (non-hydrogen) atoms. The van der Waals surface area contributed by atoms with Gasteiger partial charge in [-0.1, -0.05) is 24.6 Å². The molecule has 2 aliphatic rings. The molecule has 0 bridgehead atoms. The molecular formula is C15H16ClFN2O2. The maximum atomic E-state index is 14.3. The van der Waals surface area contributed by atoms with Crippen LogP contribution >= 0.6 is 11.6 Å². The van der Waals surface area contributed by atoms with Gasteiger partial charge in [0.25, 0.3) is 5.91 Å². The maximum absolute atomic E-state index is 14.3. The number of amides is 2. The van der Waals surface area contributed by atoms with Crippen LogP contribution < -0.4 is 10.2 Å². The highest BCUT2D eigenvalue weighted by Gasteiger charge is 2.47. The van der Waals surface area contributed by atoms with E-state index < -0.39 is 17.9 Å². The highest BCUT2D eigenvalue weighted by atomic mass is 35.5. The second-order valence-electron chi connectivity index (χ2n) is 5.53. The third-order valence-electron chi connectivity index (χ3n) is 4.09. The van der Waals surface area contributed by atoms with Gasteiger partial charge in [0.05, 0.1) is 10.7 Å². The fourth-order valence-electron chi connectivity index (χ4n) is 2.81. The van der Waals surface area contributed by atoms with Crippen molar-refractivity contribution in [3.63, 3.8) is 0 Å². The molecule has 2 unspecified atom stereocenters. The normalized spacial score (nSPS) is 26.0. The fourth-order valence-corrected chi connectivity index (χ4v) is 2.98. The summed E-state index contributed by atoms with van der Waals surface area (Å²) < 4.78 is 14.3. The predicted molar refractivity (Wildman–Crippen MR) is 77.6 cm³/mol. The second-order valence-corrected chi connectivity index (χ2v) is 5.94. The van der Waals surface area contributed by atoms with Crippen molar-refractivity contribution in [3.05, 3.63) is 29.0 Å². The molecule has 112 valence electrons. The van der Waals surface area contributed by atoms with Gasteiger partial charge < -0.3 is 5.32 Å². The lowest BCUT2D eigenvalue weighted by Crippen LogP contribution is -2.64. The summed E-state index contributed by atoms with van der Waals surface area (Å²) in [6.45, 7) is 1.80. The van der Waals surface area contributed by atoms with Gasteiger partial charge in [0.15, 0.2) is 5.82 Å². The van der Waals surface area contributed by atoms with Crippen LogP contribution in [0.15, 0.2) is 18.2 Å². The first-order chi connectivity index (χ1) is 10.0. The molecule has 1 aromatic rings. The van der Waals surface area contributed by atoms with E-state index in [-0.39, 0.29) is 28.4 Å². The fraction of sp³-hybridized carbons (Fsp3) is 0.467. The minimum atomic E-state index is -0.694. The van der Waals surface area contributed by atoms with Crippen molar-refractivity contribution in [2.45, 2.75) is 38.3 Å². The van der Waals surface area contributed by atoms with Gasteiger partial charge in [-0.05, 0) is 37.3 Å². The first kappa shape index (κ1) is 14.3. The molecule has 6 heteroatoms. The Morgan fingerprint density at radius 3 is 2.71 bits per heavy atom. The average molecular weight is 311 g/mol. The van der Waals surface area contributed by atoms with Crippen LogP contribution in [0.3, 0.4) is 0 Å². The Morgan fingerprint density at radius 2 is 2.10 bits per heavy atom. The third-order valence-corrected chi connectivity index (χ3v) is 4.38. The number of carbonyl (C=O) groups excluding carboxylic acids is 2. The standard InChI is InChI=1S/C15H16ClFN2O2/c1-2-10-14(20)18-13(8-6-7-8)15(21)19(10)11-5-3-4-9(16)12(11)17/h3-5,8,10,13H,2,6-7H2,1H3,(H,18,20). The minimum Gasteiger partial charge on any atom is -0.342 e. The Bertz CT molecular complexity index is 603. The number of carbonyl (C=O) groups is 2. The molecule has 1 aromatic carbocycles. The summed E-state index contributed by atoms with van der Waals surface area (Å²) in [6, 6.07) is 3.26. The Hall–Kier alpha value is -1.62. The van der Waals surface area contributed by atoms with E-state index in [0.29, 0.717) is 6.42 Å². The highest BCUT2D eigenvalue weighted by Crippen LogP contribution is 2.37. The Balaban J connectivity index is 2.04. The largest absolute Gasteiger partial charge is 0.342 e. The summed E-state index contributed by atoms with van der Waals surface area (Å²) in [5.41, 5.74) is 0.0832. The molecule has 1 saturated heterocycles. The molecule has 0 spiro atoms. The maximum Gasteiger partial charge on any atom is 0.250 e. The molecule has 1 saturated carbocycles. The van der Waals surface area contributed by atoms with Crippen molar-refractivity contribution in [1.29, 1.82) is 0 Å². The zero-order valence-electron chi connectivity index (χ0n) is 11.6. The van der Waals surface area contributed by atoms with Crippen molar-refractivity contribution in [3.8, 4) is 0 Å². The van der Waals surface area contributed by atoms with E-state index in [1.807, 2.05) is 0 Å². The van der Waals surface area contributed by atoms with Gasteiger partial charge in [-0.2, -0.15) is 0 Å². The molecule has 4 nitrogen and oxygen atoms in total. The van der Waals surface area contributed by atoms with Gasteiger partial charge >= 0.3 is 0 Å². The number of piperazine rings is 1. The third kappa shape index (κ3) is 2.39. The van der Waals surface area contributed by atoms with Crippen LogP contribution in [0.4, 0.5) is 10.1 Å². The molecule has 0 aromatic heterocycles. The second kappa shape index (κ2) is 5.30. The summed E-state index contributed by atoms with van der Waals surface area (Å²) >= 11 is 5.81. The van der Waals surface area contributed by atoms with Crippen LogP contribution in [0.2, 0.25) is 5.02 Å². The number of anilines is 1. The summed E-state index contributed by atoms with van der Waals surface area (Å²) in [5.74, 6) is -0.960. The number of rotatable bonds is 3. The Labute approximate surface area is 127 Å². The number of hydrogen-bond acceptors (Lipinski definition) is 2. The van der Waals surface area contributed by atoms with Crippen molar-refractivity contribution >= 4 is 29.1 Å². The Morgan fingerprint density at radius 1 is 1.38 bits per heavy atom. The molecule has 1 heterocycles. The van der Waals surface area contributed by atoms with E-state index in [2.05, 4.69) is 5.32 Å². The van der Waals surface area contributed by atoms with Crippen molar-refractivity contribution in [2.75, 3.05) is 4.90 Å². The molecule has 2 atom stereocenters. The van der Waals surface area contributed by atoms with Gasteiger partial charge in [-0.3, -0.25) is 14.5 Å². The molecule has 1 aliphatic carbocycles. The molecule has 0 radical (unpaired) electrons. The molecular weight excluding hydrogens is 295 g/mol. The molecule has 3 rings (SSSR count). The van der Waals surface area contributed by atoms with E-state index in [0.717, 1.165) is 12.8 Å². The van der Waals surface area contributed by atoms with Crippen LogP contribution in [0, 0.1) is 11.7 Å². The van der Waals surface area contributed by atoms with Gasteiger partial charge in [0, 0.05) is 0 Å². The topological polar surface area (TPSA) is 49.4 Å². The van der Waals surface area contributed by atoms with Crippen LogP contribution in [0.5, 0.6) is 0 Å². The van der Waals surface area contributed by atoms with E-state index in [1.165, 1.54) is 17.0 Å². The monoisotopic (exact) mass is 310 g/mol. The first-order valence-electron chi connectivity index (χ1n) is 7.12. The molecule has 1 N–H and O–H groups in total. The lowest BCUT2D eigenvalue weighted by molar-refractivity contribution is -0.134. The van der Waals surface area contributed by atoms with E-state index >= 15 is 0 Å². The number of halogens is 2. The van der Waals surface area contributed by atoms with E-state index in [9.17, 15) is 14.0 Å². The lowest BCUT2D eigenvalue weighted by atomic mass is 10.0. The number of hydrogen-bond donors (Lipinski definition) is 1. The predicted octanol–water partition coefficient (Wildman–Crippen LogP) is 2.50. The zero-order chi connectivity index (χ0) is 15.1. The molecule has 2 fully saturated rings. The zero-order valence-corrected chi connectivity index (χ0v) is 12.4. The number of nitrogens with one attached hydrogen (secondary N) is 1. The Kier molecular flexibility index (Phi) is 3.61. The van der Waals surface area contributed by atoms with Gasteiger partial charge in [-0.15, -0.1) is 0 Å². The van der Waals surface area contributed by atoms with Gasteiger partial charge in [0.1, 0.15) is 12.1 Å². The highest BCUT2D eigenvalue weighted by molar-refractivity contribution is 6.31. The average Bonchev–Trinajstić information content (AvgIpc) is 3.28. The van der Waals surface area contributed by atoms with Crippen LogP contribution in [0.25, 0.3) is 0 Å². The first-order valence-corrected chi connectivity index (χ1v) is 7.49. The summed E-state index contributed by atoms with van der Waals surface area (Å²) in [5, 5.41) is 2.73. The number of benzene rings is 1. The van der Waals surface area contributed by atoms with Crippen LogP contribution in [0.1, 0.15) is 26.2 Å². The summed E-state index contributed by atoms with van der Waals surface area (Å²) in [6.07, 6.45) is 2.25. The SMILES string of the molecule is CCC1C(=O)NC(C2CC2)C(=O)N1c1cccc(Cl)c1F.